The number of aromatic hydroxyl groups is 1. The van der Waals surface area contributed by atoms with E-state index in [0.717, 1.165) is 0 Å². The number of phenols is 1. The van der Waals surface area contributed by atoms with Gasteiger partial charge in [-0.3, -0.25) is 4.79 Å². The Labute approximate surface area is 229 Å². The summed E-state index contributed by atoms with van der Waals surface area (Å²) in [6.07, 6.45) is -0.264. The first-order valence-electron chi connectivity index (χ1n) is 10.4. The maximum atomic E-state index is 13.3. The maximum Gasteiger partial charge on any atom is 0.344 e. The molecular formula is C24H32Cl4N2O5. The lowest BCUT2D eigenvalue weighted by molar-refractivity contribution is -0.149. The number of ether oxygens (including phenoxy) is 2. The van der Waals surface area contributed by atoms with Gasteiger partial charge in [0.1, 0.15) is 16.5 Å². The van der Waals surface area contributed by atoms with Crippen LogP contribution in [0.5, 0.6) is 11.5 Å². The van der Waals surface area contributed by atoms with Crippen molar-refractivity contribution < 1.29 is 24.2 Å². The first-order valence-corrected chi connectivity index (χ1v) is 11.2. The first-order chi connectivity index (χ1) is 15.4. The van der Waals surface area contributed by atoms with Gasteiger partial charge in [-0.1, -0.05) is 23.2 Å². The van der Waals surface area contributed by atoms with Crippen molar-refractivity contribution in [2.24, 2.45) is 0 Å². The minimum Gasteiger partial charge on any atom is -0.507 e. The molecule has 2 rings (SSSR count). The molecule has 7 nitrogen and oxygen atoms in total. The Bertz CT molecular complexity index is 998. The molecule has 0 unspecified atom stereocenters. The highest BCUT2D eigenvalue weighted by Gasteiger charge is 2.21. The number of benzene rings is 2. The number of hydrogen-bond acceptors (Lipinski definition) is 7. The van der Waals surface area contributed by atoms with E-state index in [9.17, 15) is 14.7 Å². The van der Waals surface area contributed by atoms with Crippen LogP contribution in [-0.4, -0.2) is 67.6 Å². The predicted molar refractivity (Wildman–Crippen MR) is 144 cm³/mol. The number of carbonyl (C=O) groups excluding carboxylic acids is 2. The van der Waals surface area contributed by atoms with Crippen molar-refractivity contribution in [1.29, 1.82) is 0 Å². The first kappa shape index (κ1) is 33.3. The van der Waals surface area contributed by atoms with Crippen LogP contribution in [0.3, 0.4) is 0 Å². The van der Waals surface area contributed by atoms with E-state index in [4.69, 9.17) is 32.7 Å². The van der Waals surface area contributed by atoms with E-state index in [1.54, 1.807) is 26.0 Å². The monoisotopic (exact) mass is 568 g/mol. The van der Waals surface area contributed by atoms with Gasteiger partial charge in [0, 0.05) is 35.3 Å². The van der Waals surface area contributed by atoms with Crippen molar-refractivity contribution >= 4 is 59.8 Å². The minimum atomic E-state index is -0.539. The molecule has 0 atom stereocenters. The highest BCUT2D eigenvalue weighted by molar-refractivity contribution is 6.45. The molecule has 0 fully saturated rings. The van der Waals surface area contributed by atoms with Gasteiger partial charge < -0.3 is 24.4 Å². The van der Waals surface area contributed by atoms with E-state index in [0.29, 0.717) is 29.8 Å². The van der Waals surface area contributed by atoms with Gasteiger partial charge in [0.25, 0.3) is 0 Å². The molecule has 0 heterocycles. The van der Waals surface area contributed by atoms with Crippen LogP contribution in [0.4, 0.5) is 0 Å². The van der Waals surface area contributed by atoms with Gasteiger partial charge in [-0.05, 0) is 66.3 Å². The molecule has 35 heavy (non-hydrogen) atoms. The zero-order valence-corrected chi connectivity index (χ0v) is 23.7. The van der Waals surface area contributed by atoms with Gasteiger partial charge in [-0.2, -0.15) is 0 Å². The lowest BCUT2D eigenvalue weighted by Gasteiger charge is -2.18. The highest BCUT2D eigenvalue weighted by Crippen LogP contribution is 2.36. The van der Waals surface area contributed by atoms with E-state index in [1.807, 2.05) is 38.0 Å². The summed E-state index contributed by atoms with van der Waals surface area (Å²) in [6, 6.07) is 6.32. The predicted octanol–water partition coefficient (Wildman–Crippen LogP) is 5.23. The smallest absolute Gasteiger partial charge is 0.344 e. The van der Waals surface area contributed by atoms with Gasteiger partial charge in [0.2, 0.25) is 0 Å². The van der Waals surface area contributed by atoms with Crippen molar-refractivity contribution in [3.05, 3.63) is 56.6 Å². The third-order valence-electron chi connectivity index (χ3n) is 4.51. The molecule has 0 saturated heterocycles. The number of rotatable bonds is 10. The summed E-state index contributed by atoms with van der Waals surface area (Å²) in [5.74, 6) is -0.544. The molecule has 0 radical (unpaired) electrons. The molecule has 2 aromatic rings. The SMILES string of the molecule is CC(C)OC(=O)COc1ccc(C(=O)c2cc(CN(C)C)c(O)c(CN(C)C)c2)c(Cl)c1Cl.Cl.Cl. The van der Waals surface area contributed by atoms with Crippen LogP contribution in [0.15, 0.2) is 24.3 Å². The van der Waals surface area contributed by atoms with Crippen LogP contribution in [0, 0.1) is 0 Å². The standard InChI is InChI=1S/C24H30Cl2N2O5.2ClH/c1-14(2)33-20(29)13-32-19-8-7-18(21(25)22(19)26)24(31)15-9-16(11-27(3)4)23(30)17(10-15)12-28(5)6;;/h7-10,14,30H,11-13H2,1-6H3;2*1H. The van der Waals surface area contributed by atoms with Crippen molar-refractivity contribution in [2.45, 2.75) is 33.0 Å². The van der Waals surface area contributed by atoms with Crippen molar-refractivity contribution in [2.75, 3.05) is 34.8 Å². The number of nitrogens with zero attached hydrogens (tertiary/aromatic N) is 2. The average Bonchev–Trinajstić information content (AvgIpc) is 2.70. The molecule has 0 aromatic heterocycles. The van der Waals surface area contributed by atoms with Crippen LogP contribution in [-0.2, 0) is 22.6 Å². The number of carbonyl (C=O) groups is 2. The van der Waals surface area contributed by atoms with Gasteiger partial charge in [0.15, 0.2) is 12.4 Å². The average molecular weight is 570 g/mol. The highest BCUT2D eigenvalue weighted by atomic mass is 35.5. The molecule has 0 aliphatic heterocycles. The van der Waals surface area contributed by atoms with Crippen LogP contribution in [0.1, 0.15) is 40.9 Å². The summed E-state index contributed by atoms with van der Waals surface area (Å²) in [5.41, 5.74) is 1.84. The van der Waals surface area contributed by atoms with E-state index < -0.39 is 5.97 Å². The Morgan fingerprint density at radius 2 is 1.46 bits per heavy atom. The molecule has 2 aromatic carbocycles. The largest absolute Gasteiger partial charge is 0.507 e. The molecule has 0 spiro atoms. The number of halogens is 4. The third-order valence-corrected chi connectivity index (χ3v) is 5.37. The summed E-state index contributed by atoms with van der Waals surface area (Å²) in [4.78, 5) is 28.9. The van der Waals surface area contributed by atoms with Gasteiger partial charge >= 0.3 is 5.97 Å². The Morgan fingerprint density at radius 1 is 0.943 bits per heavy atom. The second-order valence-corrected chi connectivity index (χ2v) is 9.27. The number of phenolic OH excluding ortho intramolecular Hbond substituents is 1. The zero-order valence-electron chi connectivity index (χ0n) is 20.6. The molecule has 11 heteroatoms. The van der Waals surface area contributed by atoms with Crippen molar-refractivity contribution in [3.63, 3.8) is 0 Å². The molecule has 0 aliphatic rings. The number of hydrogen-bond donors (Lipinski definition) is 1. The summed E-state index contributed by atoms with van der Waals surface area (Å²) in [5, 5.41) is 10.7. The summed E-state index contributed by atoms with van der Waals surface area (Å²) >= 11 is 12.7. The lowest BCUT2D eigenvalue weighted by atomic mass is 9.97. The van der Waals surface area contributed by atoms with E-state index >= 15 is 0 Å². The molecule has 0 aliphatic carbocycles. The van der Waals surface area contributed by atoms with Gasteiger partial charge in [-0.25, -0.2) is 4.79 Å². The fourth-order valence-corrected chi connectivity index (χ4v) is 3.68. The molecule has 0 bridgehead atoms. The Kier molecular flexibility index (Phi) is 14.0. The van der Waals surface area contributed by atoms with Gasteiger partial charge in [-0.15, -0.1) is 24.8 Å². The quantitative estimate of drug-likeness (QED) is 0.310. The number of ketones is 1. The van der Waals surface area contributed by atoms with Crippen molar-refractivity contribution in [1.82, 2.24) is 9.80 Å². The van der Waals surface area contributed by atoms with Crippen LogP contribution in [0.25, 0.3) is 0 Å². The van der Waals surface area contributed by atoms with Gasteiger partial charge in [0.05, 0.1) is 11.1 Å². The second-order valence-electron chi connectivity index (χ2n) is 8.51. The normalized spacial score (nSPS) is 10.7. The van der Waals surface area contributed by atoms with Crippen LogP contribution >= 0.6 is 48.0 Å². The zero-order chi connectivity index (χ0) is 24.9. The topological polar surface area (TPSA) is 79.3 Å². The Morgan fingerprint density at radius 3 is 1.91 bits per heavy atom. The lowest BCUT2D eigenvalue weighted by Crippen LogP contribution is -2.19. The molecule has 196 valence electrons. The third kappa shape index (κ3) is 9.33. The van der Waals surface area contributed by atoms with E-state index in [1.165, 1.54) is 12.1 Å². The second kappa shape index (κ2) is 14.7. The Hall–Kier alpha value is -1.74. The summed E-state index contributed by atoms with van der Waals surface area (Å²) < 4.78 is 10.4. The Balaban J connectivity index is 0.00000578. The fraction of sp³-hybridized carbons (Fsp3) is 0.417. The molecule has 0 amide bonds. The van der Waals surface area contributed by atoms with Crippen LogP contribution in [0.2, 0.25) is 10.0 Å². The molecular weight excluding hydrogens is 538 g/mol. The molecule has 1 N–H and O–H groups in total. The number of esters is 1. The van der Waals surface area contributed by atoms with E-state index in [2.05, 4.69) is 0 Å². The summed E-state index contributed by atoms with van der Waals surface area (Å²) in [7, 11) is 7.52. The fourth-order valence-electron chi connectivity index (χ4n) is 3.22. The van der Waals surface area contributed by atoms with Crippen molar-refractivity contribution in [3.8, 4) is 11.5 Å². The maximum absolute atomic E-state index is 13.3. The minimum absolute atomic E-state index is 0. The summed E-state index contributed by atoms with van der Waals surface area (Å²) in [6.45, 7) is 4.06. The van der Waals surface area contributed by atoms with Crippen LogP contribution < -0.4 is 4.74 Å². The van der Waals surface area contributed by atoms with E-state index in [-0.39, 0.29) is 70.4 Å². The molecule has 0 saturated carbocycles.